The fourth-order valence-corrected chi connectivity index (χ4v) is 3.81. The first-order valence-corrected chi connectivity index (χ1v) is 8.55. The van der Waals surface area contributed by atoms with Crippen LogP contribution in [-0.4, -0.2) is 6.61 Å². The molecule has 3 rings (SSSR count). The molecule has 0 heterocycles. The summed E-state index contributed by atoms with van der Waals surface area (Å²) in [6.45, 7) is 4.92. The molecule has 1 aliphatic carbocycles. The third-order valence-electron chi connectivity index (χ3n) is 5.03. The quantitative estimate of drug-likeness (QED) is 0.708. The van der Waals surface area contributed by atoms with Crippen molar-refractivity contribution in [3.05, 3.63) is 65.2 Å². The Balaban J connectivity index is 2.00. The summed E-state index contributed by atoms with van der Waals surface area (Å²) in [5.74, 6) is 0.973. The van der Waals surface area contributed by atoms with Crippen molar-refractivity contribution in [2.24, 2.45) is 0 Å². The topological polar surface area (TPSA) is 9.23 Å². The number of rotatable bonds is 4. The van der Waals surface area contributed by atoms with Gasteiger partial charge in [-0.25, -0.2) is 0 Å². The Morgan fingerprint density at radius 2 is 1.36 bits per heavy atom. The zero-order chi connectivity index (χ0) is 15.4. The lowest BCUT2D eigenvalue weighted by molar-refractivity contribution is 0.335. The Morgan fingerprint density at radius 1 is 0.818 bits per heavy atom. The molecule has 116 valence electrons. The van der Waals surface area contributed by atoms with E-state index >= 15 is 0 Å². The molecule has 1 fully saturated rings. The first-order valence-electron chi connectivity index (χ1n) is 8.55. The molecule has 1 heteroatoms. The van der Waals surface area contributed by atoms with Crippen LogP contribution in [0.25, 0.3) is 0 Å². The smallest absolute Gasteiger partial charge is 0.119 e. The highest BCUT2D eigenvalue weighted by Crippen LogP contribution is 2.45. The number of benzene rings is 2. The summed E-state index contributed by atoms with van der Waals surface area (Å²) in [6.07, 6.45) is 6.51. The van der Waals surface area contributed by atoms with E-state index in [1.807, 2.05) is 6.92 Å². The minimum atomic E-state index is 0.191. The summed E-state index contributed by atoms with van der Waals surface area (Å²) in [5, 5.41) is 0. The highest BCUT2D eigenvalue weighted by molar-refractivity contribution is 5.42. The molecule has 0 amide bonds. The molecule has 0 bridgehead atoms. The number of aryl methyl sites for hydroxylation is 1. The molecule has 0 saturated heterocycles. The first kappa shape index (κ1) is 15.1. The molecule has 0 atom stereocenters. The zero-order valence-electron chi connectivity index (χ0n) is 13.8. The van der Waals surface area contributed by atoms with Crippen molar-refractivity contribution in [2.75, 3.05) is 6.61 Å². The molecule has 0 unspecified atom stereocenters. The number of hydrogen-bond acceptors (Lipinski definition) is 1. The van der Waals surface area contributed by atoms with E-state index < -0.39 is 0 Å². The van der Waals surface area contributed by atoms with Crippen LogP contribution in [0.4, 0.5) is 0 Å². The van der Waals surface area contributed by atoms with Crippen molar-refractivity contribution >= 4 is 0 Å². The van der Waals surface area contributed by atoms with Gasteiger partial charge in [-0.1, -0.05) is 61.2 Å². The molecule has 0 aliphatic heterocycles. The second-order valence-electron chi connectivity index (χ2n) is 6.47. The summed E-state index contributed by atoms with van der Waals surface area (Å²) in [5.41, 5.74) is 4.44. The van der Waals surface area contributed by atoms with Crippen LogP contribution in [0, 0.1) is 6.92 Å². The molecular formula is C21H26O. The van der Waals surface area contributed by atoms with E-state index in [-0.39, 0.29) is 5.41 Å². The molecule has 0 radical (unpaired) electrons. The molecule has 0 spiro atoms. The molecule has 2 aromatic rings. The van der Waals surface area contributed by atoms with E-state index in [9.17, 15) is 0 Å². The van der Waals surface area contributed by atoms with Crippen LogP contribution in [0.1, 0.15) is 55.7 Å². The van der Waals surface area contributed by atoms with E-state index in [2.05, 4.69) is 55.5 Å². The molecule has 0 aromatic heterocycles. The van der Waals surface area contributed by atoms with Crippen LogP contribution >= 0.6 is 0 Å². The number of hydrogen-bond donors (Lipinski definition) is 0. The van der Waals surface area contributed by atoms with Crippen LogP contribution in [0.2, 0.25) is 0 Å². The van der Waals surface area contributed by atoms with Crippen molar-refractivity contribution in [3.8, 4) is 5.75 Å². The summed E-state index contributed by atoms with van der Waals surface area (Å²) in [7, 11) is 0. The normalized spacial score (nSPS) is 17.2. The zero-order valence-corrected chi connectivity index (χ0v) is 13.8. The van der Waals surface area contributed by atoms with Crippen molar-refractivity contribution < 1.29 is 4.74 Å². The largest absolute Gasteiger partial charge is 0.494 e. The molecule has 22 heavy (non-hydrogen) atoms. The molecule has 1 aliphatic rings. The van der Waals surface area contributed by atoms with E-state index in [0.29, 0.717) is 0 Å². The summed E-state index contributed by atoms with van der Waals surface area (Å²) < 4.78 is 5.60. The van der Waals surface area contributed by atoms with Gasteiger partial charge in [0.1, 0.15) is 5.75 Å². The SMILES string of the molecule is CCOc1ccc(C2(c3ccc(C)cc3)CCCCC2)cc1. The molecular weight excluding hydrogens is 268 g/mol. The van der Waals surface area contributed by atoms with Gasteiger partial charge in [0.25, 0.3) is 0 Å². The minimum Gasteiger partial charge on any atom is -0.494 e. The van der Waals surface area contributed by atoms with Gasteiger partial charge in [0.15, 0.2) is 0 Å². The highest BCUT2D eigenvalue weighted by Gasteiger charge is 2.35. The van der Waals surface area contributed by atoms with E-state index in [1.54, 1.807) is 0 Å². The monoisotopic (exact) mass is 294 g/mol. The van der Waals surface area contributed by atoms with Gasteiger partial charge in [0, 0.05) is 5.41 Å². The average molecular weight is 294 g/mol. The van der Waals surface area contributed by atoms with Gasteiger partial charge in [0.05, 0.1) is 6.61 Å². The maximum atomic E-state index is 5.60. The first-order chi connectivity index (χ1) is 10.7. The summed E-state index contributed by atoms with van der Waals surface area (Å²) in [4.78, 5) is 0. The average Bonchev–Trinajstić information content (AvgIpc) is 2.57. The predicted octanol–water partition coefficient (Wildman–Crippen LogP) is 5.64. The number of ether oxygens (including phenoxy) is 1. The highest BCUT2D eigenvalue weighted by atomic mass is 16.5. The fourth-order valence-electron chi connectivity index (χ4n) is 3.81. The van der Waals surface area contributed by atoms with Crippen LogP contribution in [0.3, 0.4) is 0 Å². The molecule has 0 N–H and O–H groups in total. The van der Waals surface area contributed by atoms with Crippen LogP contribution < -0.4 is 4.74 Å². The van der Waals surface area contributed by atoms with Gasteiger partial charge in [-0.3, -0.25) is 0 Å². The molecule has 1 saturated carbocycles. The molecule has 1 nitrogen and oxygen atoms in total. The van der Waals surface area contributed by atoms with E-state index in [1.165, 1.54) is 48.8 Å². The van der Waals surface area contributed by atoms with Gasteiger partial charge >= 0.3 is 0 Å². The van der Waals surface area contributed by atoms with Crippen molar-refractivity contribution in [1.82, 2.24) is 0 Å². The molecule has 2 aromatic carbocycles. The lowest BCUT2D eigenvalue weighted by Gasteiger charge is -2.38. The Kier molecular flexibility index (Phi) is 4.52. The van der Waals surface area contributed by atoms with Crippen LogP contribution in [-0.2, 0) is 5.41 Å². The second kappa shape index (κ2) is 6.56. The van der Waals surface area contributed by atoms with Crippen LogP contribution in [0.15, 0.2) is 48.5 Å². The van der Waals surface area contributed by atoms with E-state index in [4.69, 9.17) is 4.74 Å². The van der Waals surface area contributed by atoms with Gasteiger partial charge in [-0.2, -0.15) is 0 Å². The Labute approximate surface area is 134 Å². The maximum Gasteiger partial charge on any atom is 0.119 e. The third-order valence-corrected chi connectivity index (χ3v) is 5.03. The minimum absolute atomic E-state index is 0.191. The third kappa shape index (κ3) is 2.90. The van der Waals surface area contributed by atoms with E-state index in [0.717, 1.165) is 12.4 Å². The van der Waals surface area contributed by atoms with Crippen molar-refractivity contribution in [1.29, 1.82) is 0 Å². The lowest BCUT2D eigenvalue weighted by atomic mass is 9.65. The van der Waals surface area contributed by atoms with Gasteiger partial charge in [-0.15, -0.1) is 0 Å². The summed E-state index contributed by atoms with van der Waals surface area (Å²) in [6, 6.07) is 18.0. The Bertz CT molecular complexity index is 589. The van der Waals surface area contributed by atoms with Crippen LogP contribution in [0.5, 0.6) is 5.75 Å². The van der Waals surface area contributed by atoms with Gasteiger partial charge in [-0.05, 0) is 49.9 Å². The standard InChI is InChI=1S/C21H26O/c1-3-22-20-13-11-19(12-14-20)21(15-5-4-6-16-21)18-9-7-17(2)8-10-18/h7-14H,3-6,15-16H2,1-2H3. The lowest BCUT2D eigenvalue weighted by Crippen LogP contribution is -2.30. The van der Waals surface area contributed by atoms with Gasteiger partial charge < -0.3 is 4.74 Å². The predicted molar refractivity (Wildman–Crippen MR) is 92.7 cm³/mol. The summed E-state index contributed by atoms with van der Waals surface area (Å²) >= 11 is 0. The van der Waals surface area contributed by atoms with Gasteiger partial charge in [0.2, 0.25) is 0 Å². The maximum absolute atomic E-state index is 5.60. The Hall–Kier alpha value is -1.76. The Morgan fingerprint density at radius 3 is 1.91 bits per heavy atom. The fraction of sp³-hybridized carbons (Fsp3) is 0.429. The van der Waals surface area contributed by atoms with Crippen molar-refractivity contribution in [3.63, 3.8) is 0 Å². The second-order valence-corrected chi connectivity index (χ2v) is 6.47. The van der Waals surface area contributed by atoms with Crippen molar-refractivity contribution in [2.45, 2.75) is 51.4 Å².